The van der Waals surface area contributed by atoms with Crippen LogP contribution in [0.5, 0.6) is 0 Å². The van der Waals surface area contributed by atoms with E-state index in [0.29, 0.717) is 13.1 Å². The second kappa shape index (κ2) is 9.00. The van der Waals surface area contributed by atoms with Crippen LogP contribution in [-0.2, 0) is 4.79 Å². The van der Waals surface area contributed by atoms with Gasteiger partial charge in [0.25, 0.3) is 17.2 Å². The van der Waals surface area contributed by atoms with E-state index >= 15 is 0 Å². The minimum absolute atomic E-state index is 0.0146. The molecule has 1 saturated heterocycles. The summed E-state index contributed by atoms with van der Waals surface area (Å²) in [6.07, 6.45) is 4.86. The number of non-ortho nitro benzene ring substituents is 1. The molecule has 9 heteroatoms. The molecule has 152 valence electrons. The van der Waals surface area contributed by atoms with Gasteiger partial charge in [-0.05, 0) is 18.9 Å². The van der Waals surface area contributed by atoms with E-state index in [-0.39, 0.29) is 16.3 Å². The normalized spacial score (nSPS) is 15.4. The number of hydrogen-bond donors (Lipinski definition) is 0. The lowest BCUT2D eigenvalue weighted by Crippen LogP contribution is -2.44. The number of halogens is 1. The van der Waals surface area contributed by atoms with E-state index in [1.807, 2.05) is 0 Å². The molecule has 29 heavy (non-hydrogen) atoms. The highest BCUT2D eigenvalue weighted by molar-refractivity contribution is 6.30. The molecule has 1 aromatic heterocycles. The summed E-state index contributed by atoms with van der Waals surface area (Å²) >= 11 is 6.01. The summed E-state index contributed by atoms with van der Waals surface area (Å²) in [6.45, 7) is 0.986. The molecule has 8 nitrogen and oxygen atoms in total. The molecule has 1 amide bonds. The summed E-state index contributed by atoms with van der Waals surface area (Å²) in [7, 11) is 0. The number of rotatable bonds is 5. The third-order valence-electron chi connectivity index (χ3n) is 4.92. The van der Waals surface area contributed by atoms with E-state index in [1.54, 1.807) is 4.90 Å². The third-order valence-corrected chi connectivity index (χ3v) is 5.15. The average molecular weight is 418 g/mol. The minimum Gasteiger partial charge on any atom is -0.340 e. The molecule has 0 spiro atoms. The molecule has 1 atom stereocenters. The van der Waals surface area contributed by atoms with Crippen molar-refractivity contribution in [3.05, 3.63) is 73.6 Å². The van der Waals surface area contributed by atoms with Crippen LogP contribution in [0, 0.1) is 10.1 Å². The molecule has 2 heterocycles. The monoisotopic (exact) mass is 417 g/mol. The number of amides is 1. The van der Waals surface area contributed by atoms with Crippen LogP contribution in [0.1, 0.15) is 42.1 Å². The van der Waals surface area contributed by atoms with Crippen LogP contribution in [0.25, 0.3) is 0 Å². The number of carbonyl (C=O) groups excluding carboxylic acids is 2. The fourth-order valence-corrected chi connectivity index (χ4v) is 3.60. The quantitative estimate of drug-likeness (QED) is 0.321. The zero-order chi connectivity index (χ0) is 21.0. The number of nitrogens with zero attached hydrogens (tertiary/aromatic N) is 3. The molecule has 1 unspecified atom stereocenters. The van der Waals surface area contributed by atoms with Crippen molar-refractivity contribution in [3.8, 4) is 0 Å². The molecule has 3 rings (SSSR count). The summed E-state index contributed by atoms with van der Waals surface area (Å²) in [5.74, 6) is -1.19. The number of hydrogen-bond acceptors (Lipinski definition) is 5. The van der Waals surface area contributed by atoms with Gasteiger partial charge in [-0.15, -0.1) is 0 Å². The maximum absolute atomic E-state index is 13.3. The van der Waals surface area contributed by atoms with Crippen molar-refractivity contribution in [2.24, 2.45) is 0 Å². The van der Waals surface area contributed by atoms with Gasteiger partial charge in [-0.3, -0.25) is 29.1 Å². The molecule has 1 aromatic carbocycles. The number of Topliss-reactive ketones (excluding diaryl/α,β-unsaturated/α-hetero) is 1. The number of carbonyl (C=O) groups is 2. The molecule has 0 aliphatic carbocycles. The van der Waals surface area contributed by atoms with E-state index < -0.39 is 28.2 Å². The van der Waals surface area contributed by atoms with Crippen LogP contribution in [0.15, 0.2) is 47.4 Å². The van der Waals surface area contributed by atoms with Crippen molar-refractivity contribution in [1.29, 1.82) is 0 Å². The first-order valence-corrected chi connectivity index (χ1v) is 9.71. The second-order valence-corrected chi connectivity index (χ2v) is 7.34. The molecule has 0 saturated carbocycles. The van der Waals surface area contributed by atoms with E-state index in [0.717, 1.165) is 36.3 Å². The molecule has 1 aliphatic heterocycles. The third kappa shape index (κ3) is 4.71. The first-order chi connectivity index (χ1) is 13.9. The Morgan fingerprint density at radius 3 is 2.41 bits per heavy atom. The molecule has 2 aromatic rings. The standard InChI is InChI=1S/C20H20ClN3O5/c21-15-8-9-17(25)23(13-15)18(20(27)22-10-3-1-2-4-11-22)19(26)14-6-5-7-16(12-14)24(28)29/h5-9,12-13,18H,1-4,10-11H2. The van der Waals surface area contributed by atoms with Crippen LogP contribution in [0.2, 0.25) is 5.02 Å². The van der Waals surface area contributed by atoms with Crippen molar-refractivity contribution in [2.75, 3.05) is 13.1 Å². The summed E-state index contributed by atoms with van der Waals surface area (Å²) in [5.41, 5.74) is -0.837. The van der Waals surface area contributed by atoms with Crippen molar-refractivity contribution in [2.45, 2.75) is 31.7 Å². The zero-order valence-electron chi connectivity index (χ0n) is 15.6. The molecule has 1 aliphatic rings. The van der Waals surface area contributed by atoms with Gasteiger partial charge in [0.2, 0.25) is 0 Å². The Hall–Kier alpha value is -3.00. The second-order valence-electron chi connectivity index (χ2n) is 6.91. The minimum atomic E-state index is -1.47. The van der Waals surface area contributed by atoms with Crippen LogP contribution in [0.4, 0.5) is 5.69 Å². The van der Waals surface area contributed by atoms with Gasteiger partial charge in [-0.1, -0.05) is 36.6 Å². The van der Waals surface area contributed by atoms with Crippen LogP contribution in [-0.4, -0.2) is 39.2 Å². The highest BCUT2D eigenvalue weighted by Crippen LogP contribution is 2.23. The number of likely N-dealkylation sites (tertiary alicyclic amines) is 1. The van der Waals surface area contributed by atoms with Crippen LogP contribution in [0.3, 0.4) is 0 Å². The lowest BCUT2D eigenvalue weighted by molar-refractivity contribution is -0.384. The predicted octanol–water partition coefficient (Wildman–Crippen LogP) is 3.24. The first-order valence-electron chi connectivity index (χ1n) is 9.33. The summed E-state index contributed by atoms with van der Waals surface area (Å²) in [4.78, 5) is 51.1. The maximum Gasteiger partial charge on any atom is 0.270 e. The number of ketones is 1. The van der Waals surface area contributed by atoms with Crippen molar-refractivity contribution in [3.63, 3.8) is 0 Å². The number of benzene rings is 1. The topological polar surface area (TPSA) is 103 Å². The Morgan fingerprint density at radius 1 is 1.07 bits per heavy atom. The van der Waals surface area contributed by atoms with Gasteiger partial charge < -0.3 is 4.90 Å². The van der Waals surface area contributed by atoms with Crippen molar-refractivity contribution < 1.29 is 14.5 Å². The highest BCUT2D eigenvalue weighted by Gasteiger charge is 2.34. The Bertz CT molecular complexity index is 996. The first kappa shape index (κ1) is 20.7. The molecule has 1 fully saturated rings. The zero-order valence-corrected chi connectivity index (χ0v) is 16.4. The van der Waals surface area contributed by atoms with E-state index in [4.69, 9.17) is 11.6 Å². The fraction of sp³-hybridized carbons (Fsp3) is 0.350. The van der Waals surface area contributed by atoms with Gasteiger partial charge >= 0.3 is 0 Å². The molecule has 0 N–H and O–H groups in total. The Balaban J connectivity index is 2.07. The molecule has 0 radical (unpaired) electrons. The largest absolute Gasteiger partial charge is 0.340 e. The SMILES string of the molecule is O=C(c1cccc([N+](=O)[O-])c1)C(C(=O)N1CCCCCC1)n1cc(Cl)ccc1=O. The molecular weight excluding hydrogens is 398 g/mol. The molecular formula is C20H20ClN3O5. The molecule has 0 bridgehead atoms. The van der Waals surface area contributed by atoms with E-state index in [1.165, 1.54) is 36.5 Å². The highest BCUT2D eigenvalue weighted by atomic mass is 35.5. The summed E-state index contributed by atoms with van der Waals surface area (Å²) < 4.78 is 1.01. The van der Waals surface area contributed by atoms with Gasteiger partial charge in [-0.2, -0.15) is 0 Å². The average Bonchev–Trinajstić information content (AvgIpc) is 3.00. The van der Waals surface area contributed by atoms with Crippen LogP contribution >= 0.6 is 11.6 Å². The predicted molar refractivity (Wildman–Crippen MR) is 107 cm³/mol. The Kier molecular flexibility index (Phi) is 6.43. The van der Waals surface area contributed by atoms with Crippen LogP contribution < -0.4 is 5.56 Å². The summed E-state index contributed by atoms with van der Waals surface area (Å²) in [5, 5.41) is 11.3. The van der Waals surface area contributed by atoms with Gasteiger partial charge in [-0.25, -0.2) is 0 Å². The lowest BCUT2D eigenvalue weighted by atomic mass is 10.0. The number of nitro groups is 1. The Morgan fingerprint density at radius 2 is 1.76 bits per heavy atom. The van der Waals surface area contributed by atoms with Gasteiger partial charge in [0.05, 0.1) is 9.95 Å². The Labute approximate surface area is 171 Å². The smallest absolute Gasteiger partial charge is 0.270 e. The number of pyridine rings is 1. The lowest BCUT2D eigenvalue weighted by Gasteiger charge is -2.26. The van der Waals surface area contributed by atoms with Gasteiger partial charge in [0.15, 0.2) is 11.8 Å². The van der Waals surface area contributed by atoms with E-state index in [2.05, 4.69) is 0 Å². The van der Waals surface area contributed by atoms with Gasteiger partial charge in [0, 0.05) is 43.0 Å². The fourth-order valence-electron chi connectivity index (χ4n) is 3.43. The van der Waals surface area contributed by atoms with Gasteiger partial charge in [0.1, 0.15) is 0 Å². The van der Waals surface area contributed by atoms with Crippen molar-refractivity contribution >= 4 is 29.0 Å². The number of aromatic nitrogens is 1. The van der Waals surface area contributed by atoms with Crippen molar-refractivity contribution in [1.82, 2.24) is 9.47 Å². The van der Waals surface area contributed by atoms with E-state index in [9.17, 15) is 24.5 Å². The summed E-state index contributed by atoms with van der Waals surface area (Å²) in [6, 6.07) is 6.24. The number of nitro benzene ring substituents is 1. The maximum atomic E-state index is 13.3.